The molecule has 6 heteroatoms. The van der Waals surface area contributed by atoms with Crippen LogP contribution in [0.2, 0.25) is 0 Å². The quantitative estimate of drug-likeness (QED) is 0.907. The number of carbonyl (C=O) groups is 1. The van der Waals surface area contributed by atoms with E-state index in [0.29, 0.717) is 17.7 Å². The molecule has 3 heterocycles. The topological polar surface area (TPSA) is 62.5 Å². The smallest absolute Gasteiger partial charge is 0.270 e. The fourth-order valence-corrected chi connectivity index (χ4v) is 3.34. The molecule has 6 nitrogen and oxygen atoms in total. The lowest BCUT2D eigenvalue weighted by Gasteiger charge is -2.34. The van der Waals surface area contributed by atoms with Crippen LogP contribution >= 0.6 is 0 Å². The summed E-state index contributed by atoms with van der Waals surface area (Å²) in [6.45, 7) is 11.6. The molecule has 2 aromatic heterocycles. The Balaban J connectivity index is 1.63. The van der Waals surface area contributed by atoms with Gasteiger partial charge in [-0.2, -0.15) is 5.10 Å². The summed E-state index contributed by atoms with van der Waals surface area (Å²) in [6.07, 6.45) is 2.28. The van der Waals surface area contributed by atoms with Gasteiger partial charge in [0.05, 0.1) is 0 Å². The predicted octanol–water partition coefficient (Wildman–Crippen LogP) is 2.70. The summed E-state index contributed by atoms with van der Waals surface area (Å²) in [6, 6.07) is 6.17. The van der Waals surface area contributed by atoms with Gasteiger partial charge >= 0.3 is 0 Å². The third-order valence-corrected chi connectivity index (χ3v) is 5.06. The molecule has 0 aliphatic carbocycles. The molecule has 136 valence electrons. The third kappa shape index (κ3) is 4.00. The van der Waals surface area contributed by atoms with Crippen molar-refractivity contribution in [2.75, 3.05) is 19.6 Å². The fraction of sp³-hybridized carbons (Fsp3) is 0.632. The number of nitrogens with one attached hydrogen (secondary N) is 1. The van der Waals surface area contributed by atoms with E-state index in [0.717, 1.165) is 43.9 Å². The van der Waals surface area contributed by atoms with Crippen LogP contribution in [0.15, 0.2) is 18.2 Å². The number of piperidine rings is 1. The molecule has 3 rings (SSSR count). The van der Waals surface area contributed by atoms with Crippen molar-refractivity contribution in [2.24, 2.45) is 5.92 Å². The maximum Gasteiger partial charge on any atom is 0.270 e. The lowest BCUT2D eigenvalue weighted by atomic mass is 9.96. The number of nitrogens with zero attached hydrogens (tertiary/aromatic N) is 4. The Morgan fingerprint density at radius 2 is 1.96 bits per heavy atom. The van der Waals surface area contributed by atoms with Gasteiger partial charge in [-0.3, -0.25) is 4.79 Å². The van der Waals surface area contributed by atoms with Gasteiger partial charge in [0.25, 0.3) is 5.91 Å². The lowest BCUT2D eigenvalue weighted by Crippen LogP contribution is -2.41. The molecule has 1 aliphatic heterocycles. The molecule has 0 radical (unpaired) electrons. The number of pyridine rings is 1. The molecule has 0 unspecified atom stereocenters. The molecule has 1 aliphatic rings. The number of aromatic nitrogens is 3. The van der Waals surface area contributed by atoms with E-state index in [4.69, 9.17) is 0 Å². The minimum atomic E-state index is -0.0721. The Bertz CT molecular complexity index is 728. The van der Waals surface area contributed by atoms with Crippen molar-refractivity contribution in [1.29, 1.82) is 0 Å². The molecule has 0 aromatic carbocycles. The number of likely N-dealkylation sites (tertiary alicyclic amines) is 1. The SMILES string of the molecule is CC(C)c1nc2cccc(C(=O)NCC3CCN(C(C)C)CC3)n2n1. The highest BCUT2D eigenvalue weighted by atomic mass is 16.2. The van der Waals surface area contributed by atoms with Crippen molar-refractivity contribution in [1.82, 2.24) is 24.8 Å². The van der Waals surface area contributed by atoms with Gasteiger partial charge in [-0.25, -0.2) is 9.50 Å². The summed E-state index contributed by atoms with van der Waals surface area (Å²) >= 11 is 0. The summed E-state index contributed by atoms with van der Waals surface area (Å²) in [7, 11) is 0. The molecule has 1 amide bonds. The maximum atomic E-state index is 12.6. The fourth-order valence-electron chi connectivity index (χ4n) is 3.34. The van der Waals surface area contributed by atoms with Crippen LogP contribution in [0.3, 0.4) is 0 Å². The Morgan fingerprint density at radius 1 is 1.24 bits per heavy atom. The molecule has 0 spiro atoms. The number of rotatable bonds is 5. The molecular weight excluding hydrogens is 314 g/mol. The van der Waals surface area contributed by atoms with Gasteiger partial charge in [0.1, 0.15) is 5.69 Å². The van der Waals surface area contributed by atoms with Crippen molar-refractivity contribution in [3.8, 4) is 0 Å². The van der Waals surface area contributed by atoms with Crippen molar-refractivity contribution in [3.05, 3.63) is 29.7 Å². The van der Waals surface area contributed by atoms with Crippen LogP contribution in [0, 0.1) is 5.92 Å². The van der Waals surface area contributed by atoms with E-state index in [1.54, 1.807) is 4.52 Å². The van der Waals surface area contributed by atoms with Gasteiger partial charge in [0.2, 0.25) is 0 Å². The largest absolute Gasteiger partial charge is 0.350 e. The van der Waals surface area contributed by atoms with Gasteiger partial charge in [-0.1, -0.05) is 19.9 Å². The first-order valence-corrected chi connectivity index (χ1v) is 9.33. The summed E-state index contributed by atoms with van der Waals surface area (Å²) < 4.78 is 1.66. The summed E-state index contributed by atoms with van der Waals surface area (Å²) in [5.41, 5.74) is 1.28. The van der Waals surface area contributed by atoms with Crippen LogP contribution in [-0.2, 0) is 0 Å². The van der Waals surface area contributed by atoms with Crippen LogP contribution in [-0.4, -0.2) is 51.1 Å². The van der Waals surface area contributed by atoms with Gasteiger partial charge in [0.15, 0.2) is 11.5 Å². The molecule has 1 N–H and O–H groups in total. The lowest BCUT2D eigenvalue weighted by molar-refractivity contribution is 0.0922. The number of hydrogen-bond acceptors (Lipinski definition) is 4. The number of amides is 1. The normalized spacial score (nSPS) is 16.9. The zero-order valence-corrected chi connectivity index (χ0v) is 15.7. The van der Waals surface area contributed by atoms with Crippen molar-refractivity contribution < 1.29 is 4.79 Å². The van der Waals surface area contributed by atoms with E-state index in [9.17, 15) is 4.79 Å². The highest BCUT2D eigenvalue weighted by Crippen LogP contribution is 2.18. The second kappa shape index (κ2) is 7.52. The molecular formula is C19H29N5O. The Kier molecular flexibility index (Phi) is 5.37. The van der Waals surface area contributed by atoms with Gasteiger partial charge in [0, 0.05) is 18.5 Å². The second-order valence-corrected chi connectivity index (χ2v) is 7.59. The summed E-state index contributed by atoms with van der Waals surface area (Å²) in [5, 5.41) is 7.59. The molecule has 1 saturated heterocycles. The monoisotopic (exact) mass is 343 g/mol. The van der Waals surface area contributed by atoms with Crippen molar-refractivity contribution in [2.45, 2.75) is 52.5 Å². The average molecular weight is 343 g/mol. The second-order valence-electron chi connectivity index (χ2n) is 7.59. The number of carbonyl (C=O) groups excluding carboxylic acids is 1. The first kappa shape index (κ1) is 17.9. The van der Waals surface area contributed by atoms with Gasteiger partial charge in [-0.15, -0.1) is 0 Å². The third-order valence-electron chi connectivity index (χ3n) is 5.06. The van der Waals surface area contributed by atoms with E-state index >= 15 is 0 Å². The Labute approximate surface area is 149 Å². The highest BCUT2D eigenvalue weighted by molar-refractivity contribution is 5.93. The van der Waals surface area contributed by atoms with Gasteiger partial charge < -0.3 is 10.2 Å². The van der Waals surface area contributed by atoms with E-state index in [1.165, 1.54) is 0 Å². The molecule has 2 aromatic rings. The molecule has 0 saturated carbocycles. The predicted molar refractivity (Wildman–Crippen MR) is 98.8 cm³/mol. The molecule has 0 atom stereocenters. The molecule has 25 heavy (non-hydrogen) atoms. The van der Waals surface area contributed by atoms with E-state index in [2.05, 4.69) is 48.0 Å². The molecule has 0 bridgehead atoms. The maximum absolute atomic E-state index is 12.6. The summed E-state index contributed by atoms with van der Waals surface area (Å²) in [5.74, 6) is 1.49. The van der Waals surface area contributed by atoms with Crippen LogP contribution in [0.25, 0.3) is 5.65 Å². The first-order chi connectivity index (χ1) is 12.0. The van der Waals surface area contributed by atoms with Crippen molar-refractivity contribution in [3.63, 3.8) is 0 Å². The Hall–Kier alpha value is -1.95. The van der Waals surface area contributed by atoms with E-state index in [1.807, 2.05) is 18.2 Å². The van der Waals surface area contributed by atoms with Crippen LogP contribution < -0.4 is 5.32 Å². The van der Waals surface area contributed by atoms with E-state index < -0.39 is 0 Å². The van der Waals surface area contributed by atoms with Crippen LogP contribution in [0.5, 0.6) is 0 Å². The average Bonchev–Trinajstić information content (AvgIpc) is 3.04. The number of fused-ring (bicyclic) bond motifs is 1. The molecule has 1 fully saturated rings. The first-order valence-electron chi connectivity index (χ1n) is 9.33. The van der Waals surface area contributed by atoms with Crippen molar-refractivity contribution >= 4 is 11.6 Å². The zero-order chi connectivity index (χ0) is 18.0. The standard InChI is InChI=1S/C19H29N5O/c1-13(2)18-21-17-7-5-6-16(24(17)22-18)19(25)20-12-15-8-10-23(11-9-15)14(3)4/h5-7,13-15H,8-12H2,1-4H3,(H,20,25). The Morgan fingerprint density at radius 3 is 2.60 bits per heavy atom. The zero-order valence-electron chi connectivity index (χ0n) is 15.7. The minimum Gasteiger partial charge on any atom is -0.350 e. The highest BCUT2D eigenvalue weighted by Gasteiger charge is 2.22. The van der Waals surface area contributed by atoms with Crippen LogP contribution in [0.1, 0.15) is 62.8 Å². The minimum absolute atomic E-state index is 0.0721. The van der Waals surface area contributed by atoms with Gasteiger partial charge in [-0.05, 0) is 57.8 Å². The summed E-state index contributed by atoms with van der Waals surface area (Å²) in [4.78, 5) is 19.6. The number of hydrogen-bond donors (Lipinski definition) is 1. The van der Waals surface area contributed by atoms with Crippen LogP contribution in [0.4, 0.5) is 0 Å². The van der Waals surface area contributed by atoms with E-state index in [-0.39, 0.29) is 11.8 Å².